The maximum Gasteiger partial charge on any atom is 0.411 e. The summed E-state index contributed by atoms with van der Waals surface area (Å²) < 4.78 is 65.3. The van der Waals surface area contributed by atoms with Gasteiger partial charge in [0, 0.05) is 6.54 Å². The molecule has 110 valence electrons. The molecule has 20 heavy (non-hydrogen) atoms. The quantitative estimate of drug-likeness (QED) is 0.806. The summed E-state index contributed by atoms with van der Waals surface area (Å²) in [5, 5.41) is 8.79. The Morgan fingerprint density at radius 1 is 1.30 bits per heavy atom. The number of nitrogens with one attached hydrogen (secondary N) is 1. The highest BCUT2D eigenvalue weighted by Gasteiger charge is 2.27. The minimum Gasteiger partial charge on any atom is -0.371 e. The van der Waals surface area contributed by atoms with E-state index in [2.05, 4.69) is 9.46 Å². The van der Waals surface area contributed by atoms with Crippen LogP contribution in [0.5, 0.6) is 0 Å². The molecule has 0 atom stereocenters. The second-order valence-corrected chi connectivity index (χ2v) is 5.41. The summed E-state index contributed by atoms with van der Waals surface area (Å²) in [5.41, 5.74) is -0.0452. The molecule has 0 spiro atoms. The summed E-state index contributed by atoms with van der Waals surface area (Å²) in [6.45, 7) is -2.19. The Morgan fingerprint density at radius 3 is 2.55 bits per heavy atom. The van der Waals surface area contributed by atoms with Gasteiger partial charge in [0.1, 0.15) is 12.7 Å². The summed E-state index contributed by atoms with van der Waals surface area (Å²) in [4.78, 5) is -0.224. The molecule has 0 saturated carbocycles. The van der Waals surface area contributed by atoms with Crippen molar-refractivity contribution in [1.82, 2.24) is 4.72 Å². The van der Waals surface area contributed by atoms with E-state index in [4.69, 9.17) is 5.26 Å². The van der Waals surface area contributed by atoms with Gasteiger partial charge in [0.2, 0.25) is 10.0 Å². The molecule has 0 aromatic heterocycles. The van der Waals surface area contributed by atoms with Gasteiger partial charge >= 0.3 is 6.18 Å². The third-order valence-corrected chi connectivity index (χ3v) is 3.62. The molecule has 0 unspecified atom stereocenters. The minimum absolute atomic E-state index is 0.0452. The molecular formula is C11H11F3N2O3S. The van der Waals surface area contributed by atoms with Crippen molar-refractivity contribution in [3.63, 3.8) is 0 Å². The van der Waals surface area contributed by atoms with Crippen molar-refractivity contribution in [2.24, 2.45) is 0 Å². The van der Waals surface area contributed by atoms with E-state index in [1.165, 1.54) is 24.3 Å². The van der Waals surface area contributed by atoms with Gasteiger partial charge in [-0.05, 0) is 12.1 Å². The predicted octanol–water partition coefficient (Wildman–Crippen LogP) is 1.42. The average Bonchev–Trinajstić information content (AvgIpc) is 2.36. The maximum atomic E-state index is 11.8. The van der Waals surface area contributed by atoms with Crippen molar-refractivity contribution in [3.05, 3.63) is 29.8 Å². The van der Waals surface area contributed by atoms with E-state index in [9.17, 15) is 21.6 Å². The molecule has 0 saturated heterocycles. The molecule has 9 heteroatoms. The SMILES string of the molecule is N#Cc1ccccc1S(=O)(=O)NCCOCC(F)(F)F. The zero-order valence-corrected chi connectivity index (χ0v) is 11.0. The Bertz CT molecular complexity index is 594. The monoisotopic (exact) mass is 308 g/mol. The first-order valence-corrected chi connectivity index (χ1v) is 6.88. The van der Waals surface area contributed by atoms with E-state index >= 15 is 0 Å². The van der Waals surface area contributed by atoms with Crippen molar-refractivity contribution in [2.75, 3.05) is 19.8 Å². The van der Waals surface area contributed by atoms with E-state index in [-0.39, 0.29) is 17.0 Å². The fourth-order valence-corrected chi connectivity index (χ4v) is 2.48. The molecule has 0 bridgehead atoms. The number of sulfonamides is 1. The fraction of sp³-hybridized carbons (Fsp3) is 0.364. The highest BCUT2D eigenvalue weighted by molar-refractivity contribution is 7.89. The number of hydrogen-bond acceptors (Lipinski definition) is 4. The van der Waals surface area contributed by atoms with Crippen molar-refractivity contribution in [3.8, 4) is 6.07 Å². The van der Waals surface area contributed by atoms with Crippen LogP contribution in [0.15, 0.2) is 29.2 Å². The third-order valence-electron chi connectivity index (χ3n) is 2.10. The first kappa shape index (κ1) is 16.4. The lowest BCUT2D eigenvalue weighted by Crippen LogP contribution is -2.29. The Balaban J connectivity index is 2.57. The van der Waals surface area contributed by atoms with E-state index in [1.54, 1.807) is 6.07 Å². The molecule has 0 heterocycles. The maximum absolute atomic E-state index is 11.8. The first-order valence-electron chi connectivity index (χ1n) is 5.39. The van der Waals surface area contributed by atoms with Gasteiger partial charge in [0.15, 0.2) is 0 Å². The highest BCUT2D eigenvalue weighted by Crippen LogP contribution is 2.15. The van der Waals surface area contributed by atoms with Gasteiger partial charge in [-0.2, -0.15) is 18.4 Å². The van der Waals surface area contributed by atoms with E-state index in [0.29, 0.717) is 0 Å². The number of rotatable bonds is 6. The molecule has 0 radical (unpaired) electrons. The van der Waals surface area contributed by atoms with Gasteiger partial charge in [-0.15, -0.1) is 0 Å². The molecule has 0 amide bonds. The molecule has 1 N–H and O–H groups in total. The number of benzene rings is 1. The normalized spacial score (nSPS) is 12.1. The zero-order chi connectivity index (χ0) is 15.2. The van der Waals surface area contributed by atoms with Gasteiger partial charge in [0.25, 0.3) is 0 Å². The van der Waals surface area contributed by atoms with E-state index < -0.39 is 29.4 Å². The minimum atomic E-state index is -4.45. The van der Waals surface area contributed by atoms with Crippen LogP contribution >= 0.6 is 0 Å². The smallest absolute Gasteiger partial charge is 0.371 e. The van der Waals surface area contributed by atoms with Crippen LogP contribution in [0.1, 0.15) is 5.56 Å². The van der Waals surface area contributed by atoms with Crippen LogP contribution in [0, 0.1) is 11.3 Å². The van der Waals surface area contributed by atoms with Crippen molar-refractivity contribution in [2.45, 2.75) is 11.1 Å². The first-order chi connectivity index (χ1) is 9.26. The van der Waals surface area contributed by atoms with Gasteiger partial charge in [0.05, 0.1) is 17.1 Å². The van der Waals surface area contributed by atoms with Crippen LogP contribution in [0.2, 0.25) is 0 Å². The largest absolute Gasteiger partial charge is 0.411 e. The second-order valence-electron chi connectivity index (χ2n) is 3.67. The lowest BCUT2D eigenvalue weighted by molar-refractivity contribution is -0.173. The number of halogens is 3. The summed E-state index contributed by atoms with van der Waals surface area (Å²) in [6.07, 6.45) is -4.45. The van der Waals surface area contributed by atoms with Crippen LogP contribution < -0.4 is 4.72 Å². The summed E-state index contributed by atoms with van der Waals surface area (Å²) in [5.74, 6) is 0. The summed E-state index contributed by atoms with van der Waals surface area (Å²) in [7, 11) is -3.95. The lowest BCUT2D eigenvalue weighted by Gasteiger charge is -2.09. The van der Waals surface area contributed by atoms with Crippen molar-refractivity contribution in [1.29, 1.82) is 5.26 Å². The number of hydrogen-bond donors (Lipinski definition) is 1. The molecule has 0 aliphatic carbocycles. The number of ether oxygens (including phenoxy) is 1. The van der Waals surface area contributed by atoms with Crippen LogP contribution in [-0.4, -0.2) is 34.4 Å². The highest BCUT2D eigenvalue weighted by atomic mass is 32.2. The molecule has 0 fully saturated rings. The molecule has 1 aromatic rings. The van der Waals surface area contributed by atoms with Crippen LogP contribution in [0.4, 0.5) is 13.2 Å². The summed E-state index contributed by atoms with van der Waals surface area (Å²) in [6, 6.07) is 7.23. The standard InChI is InChI=1S/C11H11F3N2O3S/c12-11(13,14)8-19-6-5-16-20(17,18)10-4-2-1-3-9(10)7-15/h1-4,16H,5-6,8H2. The van der Waals surface area contributed by atoms with Crippen molar-refractivity contribution < 1.29 is 26.3 Å². The number of nitrogens with zero attached hydrogens (tertiary/aromatic N) is 1. The van der Waals surface area contributed by atoms with Crippen LogP contribution in [0.25, 0.3) is 0 Å². The van der Waals surface area contributed by atoms with E-state index in [0.717, 1.165) is 0 Å². The molecule has 1 rings (SSSR count). The fourth-order valence-electron chi connectivity index (χ4n) is 1.31. The average molecular weight is 308 g/mol. The Kier molecular flexibility index (Phi) is 5.50. The number of nitriles is 1. The molecular weight excluding hydrogens is 297 g/mol. The summed E-state index contributed by atoms with van der Waals surface area (Å²) >= 11 is 0. The van der Waals surface area contributed by atoms with Crippen molar-refractivity contribution >= 4 is 10.0 Å². The van der Waals surface area contributed by atoms with Gasteiger partial charge < -0.3 is 4.74 Å². The molecule has 0 aliphatic heterocycles. The van der Waals surface area contributed by atoms with Gasteiger partial charge in [-0.25, -0.2) is 13.1 Å². The lowest BCUT2D eigenvalue weighted by atomic mass is 10.2. The molecule has 0 aliphatic rings. The Hall–Kier alpha value is -1.63. The Labute approximate surface area is 114 Å². The van der Waals surface area contributed by atoms with Crippen LogP contribution in [0.3, 0.4) is 0 Å². The van der Waals surface area contributed by atoms with E-state index in [1.807, 2.05) is 0 Å². The number of alkyl halides is 3. The van der Waals surface area contributed by atoms with Gasteiger partial charge in [-0.1, -0.05) is 12.1 Å². The zero-order valence-electron chi connectivity index (χ0n) is 10.1. The van der Waals surface area contributed by atoms with Crippen LogP contribution in [-0.2, 0) is 14.8 Å². The topological polar surface area (TPSA) is 79.2 Å². The Morgan fingerprint density at radius 2 is 1.95 bits per heavy atom. The third kappa shape index (κ3) is 5.16. The van der Waals surface area contributed by atoms with Gasteiger partial charge in [-0.3, -0.25) is 0 Å². The predicted molar refractivity (Wildman–Crippen MR) is 63.2 cm³/mol. The molecule has 5 nitrogen and oxygen atoms in total. The second kappa shape index (κ2) is 6.69. The molecule has 1 aromatic carbocycles.